The van der Waals surface area contributed by atoms with Crippen LogP contribution in [0.4, 0.5) is 5.69 Å². The molecule has 0 aliphatic rings. The van der Waals surface area contributed by atoms with E-state index in [9.17, 15) is 10.1 Å². The fourth-order valence-corrected chi connectivity index (χ4v) is 1.17. The number of hydrogen-bond donors (Lipinski definition) is 0. The van der Waals surface area contributed by atoms with Crippen molar-refractivity contribution in [2.45, 2.75) is 0 Å². The molecule has 0 N–H and O–H groups in total. The molecule has 0 saturated heterocycles. The first-order valence-corrected chi connectivity index (χ1v) is 4.09. The van der Waals surface area contributed by atoms with Gasteiger partial charge in [-0.1, -0.05) is 11.6 Å². The van der Waals surface area contributed by atoms with Crippen LogP contribution < -0.4 is 0 Å². The maximum atomic E-state index is 10.4. The Balaban J connectivity index is 2.48. The van der Waals surface area contributed by atoms with Gasteiger partial charge in [-0.2, -0.15) is 0 Å². The summed E-state index contributed by atoms with van der Waals surface area (Å²) in [6, 6.07) is 1.17. The number of nitrogens with zero attached hydrogens (tertiary/aromatic N) is 6. The highest BCUT2D eigenvalue weighted by Gasteiger charge is 2.13. The number of pyridine rings is 1. The van der Waals surface area contributed by atoms with Crippen molar-refractivity contribution in [1.29, 1.82) is 0 Å². The van der Waals surface area contributed by atoms with E-state index in [0.29, 0.717) is 0 Å². The molecule has 2 heterocycles. The van der Waals surface area contributed by atoms with Gasteiger partial charge in [0.05, 0.1) is 9.95 Å². The Morgan fingerprint density at radius 1 is 1.53 bits per heavy atom. The van der Waals surface area contributed by atoms with Crippen LogP contribution in [-0.4, -0.2) is 30.1 Å². The van der Waals surface area contributed by atoms with Crippen molar-refractivity contribution in [3.8, 4) is 5.82 Å². The molecule has 0 aromatic carbocycles. The van der Waals surface area contributed by atoms with Crippen molar-refractivity contribution in [2.75, 3.05) is 0 Å². The van der Waals surface area contributed by atoms with Gasteiger partial charge in [0.25, 0.3) is 5.69 Å². The van der Waals surface area contributed by atoms with Crippen molar-refractivity contribution in [2.24, 2.45) is 0 Å². The highest BCUT2D eigenvalue weighted by Crippen LogP contribution is 2.21. The van der Waals surface area contributed by atoms with E-state index in [-0.39, 0.29) is 16.5 Å². The predicted octanol–water partition coefficient (Wildman–Crippen LogP) is 0.619. The number of aromatic nitrogens is 5. The third-order valence-electron chi connectivity index (χ3n) is 1.56. The molecule has 0 unspecified atom stereocenters. The molecule has 2 aromatic heterocycles. The first kappa shape index (κ1) is 9.46. The fourth-order valence-electron chi connectivity index (χ4n) is 0.932. The van der Waals surface area contributed by atoms with Crippen molar-refractivity contribution < 1.29 is 4.92 Å². The standard InChI is InChI=1S/C6H3ClN6O2/c7-5-1-4(13(14)15)2-8-6(5)12-10-3-9-11-12/h1-3H. The van der Waals surface area contributed by atoms with Crippen LogP contribution in [0, 0.1) is 10.1 Å². The minimum Gasteiger partial charge on any atom is -0.258 e. The third kappa shape index (κ3) is 1.74. The molecule has 76 valence electrons. The van der Waals surface area contributed by atoms with Gasteiger partial charge >= 0.3 is 0 Å². The largest absolute Gasteiger partial charge is 0.289 e. The average molecular weight is 227 g/mol. The van der Waals surface area contributed by atoms with Crippen molar-refractivity contribution >= 4 is 17.3 Å². The van der Waals surface area contributed by atoms with Gasteiger partial charge in [0.1, 0.15) is 6.20 Å². The second kappa shape index (κ2) is 3.58. The van der Waals surface area contributed by atoms with E-state index < -0.39 is 4.92 Å². The minimum atomic E-state index is -0.586. The van der Waals surface area contributed by atoms with Crippen LogP contribution in [0.15, 0.2) is 18.6 Å². The topological polar surface area (TPSA) is 99.6 Å². The minimum absolute atomic E-state index is 0.0854. The summed E-state index contributed by atoms with van der Waals surface area (Å²) < 4.78 is 0. The van der Waals surface area contributed by atoms with Gasteiger partial charge in [-0.15, -0.1) is 15.0 Å². The van der Waals surface area contributed by atoms with E-state index in [2.05, 4.69) is 20.4 Å². The molecule has 15 heavy (non-hydrogen) atoms. The summed E-state index contributed by atoms with van der Waals surface area (Å²) in [5.74, 6) is 0.194. The smallest absolute Gasteiger partial charge is 0.258 e. The average Bonchev–Trinajstić information content (AvgIpc) is 2.70. The monoisotopic (exact) mass is 226 g/mol. The van der Waals surface area contributed by atoms with Crippen LogP contribution in [0.1, 0.15) is 0 Å². The molecular weight excluding hydrogens is 224 g/mol. The third-order valence-corrected chi connectivity index (χ3v) is 1.83. The lowest BCUT2D eigenvalue weighted by atomic mass is 10.4. The van der Waals surface area contributed by atoms with Crippen LogP contribution in [0.5, 0.6) is 0 Å². The molecular formula is C6H3ClN6O2. The number of halogens is 1. The van der Waals surface area contributed by atoms with Crippen LogP contribution >= 0.6 is 11.6 Å². The van der Waals surface area contributed by atoms with Gasteiger partial charge in [-0.05, 0) is 5.21 Å². The Hall–Kier alpha value is -2.09. The Bertz CT molecular complexity index is 498. The van der Waals surface area contributed by atoms with Gasteiger partial charge < -0.3 is 0 Å². The lowest BCUT2D eigenvalue weighted by Crippen LogP contribution is -2.03. The summed E-state index contributed by atoms with van der Waals surface area (Å²) in [5.41, 5.74) is -0.191. The molecule has 0 amide bonds. The normalized spacial score (nSPS) is 10.2. The maximum Gasteiger partial charge on any atom is 0.289 e. The predicted molar refractivity (Wildman–Crippen MR) is 48.6 cm³/mol. The van der Waals surface area contributed by atoms with E-state index >= 15 is 0 Å². The highest BCUT2D eigenvalue weighted by atomic mass is 35.5. The zero-order chi connectivity index (χ0) is 10.8. The summed E-state index contributed by atoms with van der Waals surface area (Å²) in [5, 5.41) is 21.2. The lowest BCUT2D eigenvalue weighted by Gasteiger charge is -1.99. The summed E-state index contributed by atoms with van der Waals surface area (Å²) in [6.45, 7) is 0. The Morgan fingerprint density at radius 3 is 2.87 bits per heavy atom. The molecule has 0 saturated carbocycles. The van der Waals surface area contributed by atoms with Gasteiger partial charge in [-0.3, -0.25) is 10.1 Å². The van der Waals surface area contributed by atoms with E-state index in [1.54, 1.807) is 0 Å². The van der Waals surface area contributed by atoms with Gasteiger partial charge in [-0.25, -0.2) is 4.98 Å². The van der Waals surface area contributed by atoms with Crippen molar-refractivity contribution in [3.05, 3.63) is 33.7 Å². The van der Waals surface area contributed by atoms with Crippen molar-refractivity contribution in [1.82, 2.24) is 25.2 Å². The molecule has 0 radical (unpaired) electrons. The molecule has 0 aliphatic heterocycles. The van der Waals surface area contributed by atoms with E-state index in [0.717, 1.165) is 11.0 Å². The molecule has 0 fully saturated rings. The second-order valence-electron chi connectivity index (χ2n) is 2.48. The SMILES string of the molecule is O=[N+]([O-])c1cnc(-n2ncnn2)c(Cl)c1. The van der Waals surface area contributed by atoms with E-state index in [4.69, 9.17) is 11.6 Å². The van der Waals surface area contributed by atoms with Gasteiger partial charge in [0.2, 0.25) is 0 Å². The first-order valence-electron chi connectivity index (χ1n) is 3.72. The molecule has 0 aliphatic carbocycles. The lowest BCUT2D eigenvalue weighted by molar-refractivity contribution is -0.385. The van der Waals surface area contributed by atoms with Crippen LogP contribution in [0.2, 0.25) is 5.02 Å². The first-order chi connectivity index (χ1) is 7.18. The van der Waals surface area contributed by atoms with E-state index in [1.165, 1.54) is 12.4 Å². The van der Waals surface area contributed by atoms with Gasteiger partial charge in [0, 0.05) is 6.07 Å². The van der Waals surface area contributed by atoms with E-state index in [1.807, 2.05) is 0 Å². The Morgan fingerprint density at radius 2 is 2.33 bits per heavy atom. The molecule has 0 spiro atoms. The van der Waals surface area contributed by atoms with Crippen molar-refractivity contribution in [3.63, 3.8) is 0 Å². The van der Waals surface area contributed by atoms with Gasteiger partial charge in [0.15, 0.2) is 12.1 Å². The molecule has 0 atom stereocenters. The quantitative estimate of drug-likeness (QED) is 0.550. The van der Waals surface area contributed by atoms with Crippen LogP contribution in [0.25, 0.3) is 5.82 Å². The Labute approximate surface area is 87.6 Å². The zero-order valence-electron chi connectivity index (χ0n) is 7.11. The molecule has 2 rings (SSSR count). The molecule has 9 heteroatoms. The summed E-state index contributed by atoms with van der Waals surface area (Å²) >= 11 is 5.77. The Kier molecular flexibility index (Phi) is 2.26. The summed E-state index contributed by atoms with van der Waals surface area (Å²) in [7, 11) is 0. The number of nitro groups is 1. The van der Waals surface area contributed by atoms with Crippen LogP contribution in [0.3, 0.4) is 0 Å². The molecule has 0 bridgehead atoms. The highest BCUT2D eigenvalue weighted by molar-refractivity contribution is 6.32. The summed E-state index contributed by atoms with van der Waals surface area (Å²) in [4.78, 5) is 14.7. The number of hydrogen-bond acceptors (Lipinski definition) is 6. The number of rotatable bonds is 2. The van der Waals surface area contributed by atoms with Crippen LogP contribution in [-0.2, 0) is 0 Å². The molecule has 2 aromatic rings. The number of tetrazole rings is 1. The zero-order valence-corrected chi connectivity index (χ0v) is 7.87. The fraction of sp³-hybridized carbons (Fsp3) is 0. The maximum absolute atomic E-state index is 10.4. The molecule has 8 nitrogen and oxygen atoms in total. The second-order valence-corrected chi connectivity index (χ2v) is 2.89. The summed E-state index contributed by atoms with van der Waals surface area (Å²) in [6.07, 6.45) is 2.28.